The third-order valence-electron chi connectivity index (χ3n) is 5.03. The molecule has 0 aromatic heterocycles. The molecule has 6 nitrogen and oxygen atoms in total. The first-order chi connectivity index (χ1) is 11.4. The van der Waals surface area contributed by atoms with Crippen LogP contribution in [0.15, 0.2) is 5.16 Å². The molecule has 3 aliphatic rings. The van der Waals surface area contributed by atoms with Crippen molar-refractivity contribution in [2.45, 2.75) is 83.4 Å². The van der Waals surface area contributed by atoms with E-state index in [0.29, 0.717) is 31.2 Å². The molecular weight excluding hydrogens is 308 g/mol. The van der Waals surface area contributed by atoms with E-state index in [0.717, 1.165) is 50.8 Å². The highest BCUT2D eigenvalue weighted by Gasteiger charge is 2.44. The molecule has 2 fully saturated rings. The molecule has 0 N–H and O–H groups in total. The number of ether oxygens (including phenoxy) is 2. The van der Waals surface area contributed by atoms with E-state index in [4.69, 9.17) is 14.3 Å². The monoisotopic (exact) mass is 338 g/mol. The summed E-state index contributed by atoms with van der Waals surface area (Å²) in [7, 11) is 0. The molecule has 0 aromatic rings. The fourth-order valence-corrected chi connectivity index (χ4v) is 4.09. The van der Waals surface area contributed by atoms with E-state index in [1.54, 1.807) is 0 Å². The number of fused-ring (bicyclic) bond motifs is 2. The maximum absolute atomic E-state index is 12.4. The number of nitrogens with zero attached hydrogens (tertiary/aromatic N) is 2. The normalized spacial score (nSPS) is 29.2. The van der Waals surface area contributed by atoms with Crippen LogP contribution in [0.25, 0.3) is 0 Å². The largest absolute Gasteiger partial charge is 0.479 e. The lowest BCUT2D eigenvalue weighted by atomic mass is 9.87. The molecule has 0 saturated carbocycles. The molecule has 2 unspecified atom stereocenters. The Balaban J connectivity index is 1.42. The van der Waals surface area contributed by atoms with Crippen LogP contribution in [0.2, 0.25) is 0 Å². The average Bonchev–Trinajstić information content (AvgIpc) is 3.09. The maximum atomic E-state index is 12.4. The van der Waals surface area contributed by atoms with Gasteiger partial charge >= 0.3 is 6.09 Å². The van der Waals surface area contributed by atoms with Crippen molar-refractivity contribution in [2.75, 3.05) is 13.2 Å². The van der Waals surface area contributed by atoms with Crippen LogP contribution in [-0.4, -0.2) is 47.8 Å². The van der Waals surface area contributed by atoms with Crippen LogP contribution < -0.4 is 0 Å². The van der Waals surface area contributed by atoms with Crippen molar-refractivity contribution in [1.82, 2.24) is 4.90 Å². The predicted octanol–water partition coefficient (Wildman–Crippen LogP) is 3.70. The number of hydrogen-bond acceptors (Lipinski definition) is 5. The van der Waals surface area contributed by atoms with Crippen LogP contribution >= 0.6 is 0 Å². The summed E-state index contributed by atoms with van der Waals surface area (Å²) in [6, 6.07) is 0.717. The Labute approximate surface area is 144 Å². The summed E-state index contributed by atoms with van der Waals surface area (Å²) in [4.78, 5) is 19.4. The number of piperidine rings is 1. The average molecular weight is 338 g/mol. The minimum atomic E-state index is -0.419. The second-order valence-electron chi connectivity index (χ2n) is 8.17. The number of carbonyl (C=O) groups is 1. The van der Waals surface area contributed by atoms with Crippen molar-refractivity contribution < 1.29 is 19.1 Å². The molecule has 1 amide bonds. The molecule has 24 heavy (non-hydrogen) atoms. The predicted molar refractivity (Wildman–Crippen MR) is 90.8 cm³/mol. The van der Waals surface area contributed by atoms with Crippen molar-refractivity contribution in [3.8, 4) is 0 Å². The van der Waals surface area contributed by atoms with Gasteiger partial charge < -0.3 is 19.2 Å². The van der Waals surface area contributed by atoms with Gasteiger partial charge in [-0.2, -0.15) is 0 Å². The summed E-state index contributed by atoms with van der Waals surface area (Å²) in [5.74, 6) is 1.42. The fourth-order valence-electron chi connectivity index (χ4n) is 4.09. The van der Waals surface area contributed by atoms with E-state index in [1.165, 1.54) is 0 Å². The number of oxime groups is 1. The zero-order valence-corrected chi connectivity index (χ0v) is 15.1. The van der Waals surface area contributed by atoms with Gasteiger partial charge in [-0.3, -0.25) is 0 Å². The lowest BCUT2D eigenvalue weighted by Gasteiger charge is -2.39. The lowest BCUT2D eigenvalue weighted by molar-refractivity contribution is 0.00131. The van der Waals surface area contributed by atoms with E-state index < -0.39 is 5.60 Å². The molecule has 136 valence electrons. The maximum Gasteiger partial charge on any atom is 0.410 e. The topological polar surface area (TPSA) is 60.4 Å². The lowest BCUT2D eigenvalue weighted by Crippen LogP contribution is -2.48. The fraction of sp³-hybridized carbons (Fsp3) is 0.889. The third-order valence-corrected chi connectivity index (χ3v) is 5.03. The molecule has 0 aromatic carbocycles. The van der Waals surface area contributed by atoms with Gasteiger partial charge in [0.2, 0.25) is 5.90 Å². The summed E-state index contributed by atoms with van der Waals surface area (Å²) in [5.41, 5.74) is -0.419. The highest BCUT2D eigenvalue weighted by molar-refractivity contribution is 5.76. The van der Waals surface area contributed by atoms with Gasteiger partial charge in [0.15, 0.2) is 0 Å². The quantitative estimate of drug-likeness (QED) is 0.733. The van der Waals surface area contributed by atoms with Gasteiger partial charge in [-0.15, -0.1) is 0 Å². The minimum Gasteiger partial charge on any atom is -0.479 e. The molecule has 0 aliphatic carbocycles. The van der Waals surface area contributed by atoms with E-state index in [1.807, 2.05) is 25.7 Å². The Kier molecular flexibility index (Phi) is 5.21. The third kappa shape index (κ3) is 4.33. The van der Waals surface area contributed by atoms with Gasteiger partial charge in [0.1, 0.15) is 12.2 Å². The summed E-state index contributed by atoms with van der Waals surface area (Å²) < 4.78 is 11.2. The first kappa shape index (κ1) is 17.4. The smallest absolute Gasteiger partial charge is 0.410 e. The summed E-state index contributed by atoms with van der Waals surface area (Å²) in [6.07, 6.45) is 7.28. The highest BCUT2D eigenvalue weighted by Crippen LogP contribution is 2.41. The molecule has 3 heterocycles. The zero-order valence-electron chi connectivity index (χ0n) is 15.1. The number of amides is 1. The number of carbonyl (C=O) groups excluding carboxylic acids is 1. The van der Waals surface area contributed by atoms with Gasteiger partial charge in [0, 0.05) is 12.1 Å². The molecule has 6 heteroatoms. The summed E-state index contributed by atoms with van der Waals surface area (Å²) in [6.45, 7) is 7.14. The Morgan fingerprint density at radius 2 is 2.00 bits per heavy atom. The molecule has 3 rings (SSSR count). The Bertz CT molecular complexity index is 472. The second-order valence-corrected chi connectivity index (χ2v) is 8.17. The number of rotatable bonds is 4. The van der Waals surface area contributed by atoms with Crippen molar-refractivity contribution in [3.05, 3.63) is 0 Å². The van der Waals surface area contributed by atoms with Crippen LogP contribution in [0, 0.1) is 5.92 Å². The van der Waals surface area contributed by atoms with Gasteiger partial charge in [-0.1, -0.05) is 5.16 Å². The van der Waals surface area contributed by atoms with Crippen LogP contribution in [0.3, 0.4) is 0 Å². The minimum absolute atomic E-state index is 0.129. The summed E-state index contributed by atoms with van der Waals surface area (Å²) >= 11 is 0. The molecule has 0 radical (unpaired) electrons. The Morgan fingerprint density at radius 3 is 2.58 bits per heavy atom. The van der Waals surface area contributed by atoms with Crippen LogP contribution in [0.1, 0.15) is 65.7 Å². The first-order valence-corrected chi connectivity index (χ1v) is 9.25. The Morgan fingerprint density at radius 1 is 1.29 bits per heavy atom. The van der Waals surface area contributed by atoms with Crippen molar-refractivity contribution in [2.24, 2.45) is 11.1 Å². The van der Waals surface area contributed by atoms with Gasteiger partial charge in [-0.05, 0) is 65.2 Å². The zero-order chi connectivity index (χ0) is 17.2. The first-order valence-electron chi connectivity index (χ1n) is 9.25. The number of hydrogen-bond donors (Lipinski definition) is 0. The Hall–Kier alpha value is -1.46. The van der Waals surface area contributed by atoms with Gasteiger partial charge in [0.25, 0.3) is 0 Å². The molecule has 3 aliphatic heterocycles. The van der Waals surface area contributed by atoms with E-state index in [-0.39, 0.29) is 6.09 Å². The van der Waals surface area contributed by atoms with Gasteiger partial charge in [0.05, 0.1) is 13.0 Å². The van der Waals surface area contributed by atoms with Crippen molar-refractivity contribution in [1.29, 1.82) is 0 Å². The van der Waals surface area contributed by atoms with Crippen molar-refractivity contribution >= 4 is 12.0 Å². The van der Waals surface area contributed by atoms with Crippen LogP contribution in [0.4, 0.5) is 4.79 Å². The van der Waals surface area contributed by atoms with E-state index in [2.05, 4.69) is 5.16 Å². The highest BCUT2D eigenvalue weighted by atomic mass is 16.7. The second kappa shape index (κ2) is 7.19. The molecule has 2 atom stereocenters. The molecule has 0 spiro atoms. The molecule has 2 bridgehead atoms. The van der Waals surface area contributed by atoms with Crippen LogP contribution in [-0.2, 0) is 14.3 Å². The molecule has 2 saturated heterocycles. The summed E-state index contributed by atoms with van der Waals surface area (Å²) in [5, 5.41) is 3.85. The SMILES string of the molecule is CC(C)(C)OC(=O)N1C2CCC1CC(CCCOC1=NOCC1)C2. The van der Waals surface area contributed by atoms with E-state index in [9.17, 15) is 4.79 Å². The van der Waals surface area contributed by atoms with Crippen LogP contribution in [0.5, 0.6) is 0 Å². The van der Waals surface area contributed by atoms with E-state index >= 15 is 0 Å². The van der Waals surface area contributed by atoms with Crippen molar-refractivity contribution in [3.63, 3.8) is 0 Å². The molecular formula is C18H30N2O4. The standard InChI is InChI=1S/C18H30N2O4/c1-18(2,3)24-17(21)20-14-6-7-15(20)12-13(11-14)5-4-9-22-16-8-10-23-19-16/h13-15H,4-12H2,1-3H3. The van der Waals surface area contributed by atoms with Gasteiger partial charge in [-0.25, -0.2) is 4.79 Å².